The van der Waals surface area contributed by atoms with Gasteiger partial charge in [0.1, 0.15) is 5.75 Å². The fourth-order valence-electron chi connectivity index (χ4n) is 1.29. The Balaban J connectivity index is 2.71. The number of rotatable bonds is 6. The molecule has 1 aromatic rings. The third-order valence-electron chi connectivity index (χ3n) is 2.08. The van der Waals surface area contributed by atoms with Gasteiger partial charge in [0, 0.05) is 12.6 Å². The molecule has 0 aliphatic carbocycles. The molecule has 0 aliphatic rings. The summed E-state index contributed by atoms with van der Waals surface area (Å²) < 4.78 is 31.4. The maximum Gasteiger partial charge on any atom is 0.240 e. The minimum absolute atomic E-state index is 0.0336. The van der Waals surface area contributed by atoms with Crippen molar-refractivity contribution in [2.24, 2.45) is 0 Å². The molecule has 0 radical (unpaired) electrons. The van der Waals surface area contributed by atoms with E-state index in [1.165, 1.54) is 24.3 Å². The van der Waals surface area contributed by atoms with E-state index in [1.54, 1.807) is 6.92 Å². The van der Waals surface area contributed by atoms with Crippen molar-refractivity contribution in [1.82, 2.24) is 4.72 Å². The molecule has 2 N–H and O–H groups in total. The van der Waals surface area contributed by atoms with Crippen molar-refractivity contribution < 1.29 is 18.3 Å². The third-order valence-corrected chi connectivity index (χ3v) is 3.68. The smallest absolute Gasteiger partial charge is 0.240 e. The molecule has 0 spiro atoms. The van der Waals surface area contributed by atoms with Crippen LogP contribution in [0.3, 0.4) is 0 Å². The molecule has 5 nitrogen and oxygen atoms in total. The van der Waals surface area contributed by atoms with Gasteiger partial charge >= 0.3 is 0 Å². The van der Waals surface area contributed by atoms with Crippen LogP contribution in [-0.2, 0) is 14.8 Å². The number of phenolic OH excluding ortho intramolecular Hbond substituents is 1. The molecule has 1 rings (SSSR count). The number of benzene rings is 1. The second kappa shape index (κ2) is 6.00. The molecule has 1 aromatic carbocycles. The van der Waals surface area contributed by atoms with Crippen LogP contribution in [-0.4, -0.2) is 32.8 Å². The van der Waals surface area contributed by atoms with Gasteiger partial charge in [0.15, 0.2) is 0 Å². The largest absolute Gasteiger partial charge is 0.508 e. The quantitative estimate of drug-likeness (QED) is 0.802. The van der Waals surface area contributed by atoms with E-state index >= 15 is 0 Å². The monoisotopic (exact) mass is 259 g/mol. The lowest BCUT2D eigenvalue weighted by molar-refractivity contribution is 0.133. The minimum atomic E-state index is -3.55. The van der Waals surface area contributed by atoms with Gasteiger partial charge in [-0.05, 0) is 38.1 Å². The summed E-state index contributed by atoms with van der Waals surface area (Å²) in [6, 6.07) is 5.08. The van der Waals surface area contributed by atoms with Crippen LogP contribution in [0.2, 0.25) is 0 Å². The first-order valence-electron chi connectivity index (χ1n) is 5.35. The molecule has 0 aliphatic heterocycles. The van der Waals surface area contributed by atoms with Crippen LogP contribution in [0.1, 0.15) is 13.8 Å². The molecule has 0 fully saturated rings. The van der Waals surface area contributed by atoms with Gasteiger partial charge in [-0.25, -0.2) is 13.1 Å². The van der Waals surface area contributed by atoms with Gasteiger partial charge in [-0.2, -0.15) is 0 Å². The lowest BCUT2D eigenvalue weighted by atomic mass is 10.3. The van der Waals surface area contributed by atoms with Gasteiger partial charge in [0.25, 0.3) is 0 Å². The highest BCUT2D eigenvalue weighted by molar-refractivity contribution is 7.89. The molecule has 0 heterocycles. The Labute approximate surface area is 101 Å². The van der Waals surface area contributed by atoms with Crippen LogP contribution in [0.15, 0.2) is 29.2 Å². The van der Waals surface area contributed by atoms with E-state index in [-0.39, 0.29) is 16.7 Å². The molecule has 0 saturated carbocycles. The van der Waals surface area contributed by atoms with Gasteiger partial charge in [-0.15, -0.1) is 0 Å². The molecule has 0 bridgehead atoms. The van der Waals surface area contributed by atoms with Crippen LogP contribution in [0.25, 0.3) is 0 Å². The first kappa shape index (κ1) is 14.0. The molecule has 0 saturated heterocycles. The van der Waals surface area contributed by atoms with Gasteiger partial charge in [0.05, 0.1) is 11.5 Å². The topological polar surface area (TPSA) is 75.6 Å². The van der Waals surface area contributed by atoms with Crippen molar-refractivity contribution in [3.05, 3.63) is 24.3 Å². The van der Waals surface area contributed by atoms with E-state index in [0.717, 1.165) is 0 Å². The van der Waals surface area contributed by atoms with Crippen LogP contribution >= 0.6 is 0 Å². The third kappa shape index (κ3) is 4.33. The Bertz CT molecular complexity index is 441. The normalized spacial score (nSPS) is 13.5. The number of hydrogen-bond acceptors (Lipinski definition) is 4. The number of aromatic hydroxyl groups is 1. The van der Waals surface area contributed by atoms with Crippen molar-refractivity contribution in [3.63, 3.8) is 0 Å². The fraction of sp³-hybridized carbons (Fsp3) is 0.455. The van der Waals surface area contributed by atoms with Crippen LogP contribution in [0, 0.1) is 0 Å². The van der Waals surface area contributed by atoms with Gasteiger partial charge in [-0.1, -0.05) is 0 Å². The van der Waals surface area contributed by atoms with E-state index < -0.39 is 10.0 Å². The fourth-order valence-corrected chi connectivity index (χ4v) is 2.52. The SMILES string of the molecule is CCOCC(C)NS(=O)(=O)c1ccc(O)cc1. The summed E-state index contributed by atoms with van der Waals surface area (Å²) in [5.74, 6) is 0.0336. The zero-order valence-electron chi connectivity index (χ0n) is 9.88. The van der Waals surface area contributed by atoms with Crippen molar-refractivity contribution >= 4 is 10.0 Å². The highest BCUT2D eigenvalue weighted by Gasteiger charge is 2.16. The summed E-state index contributed by atoms with van der Waals surface area (Å²) in [6.45, 7) is 4.45. The average Bonchev–Trinajstić information content (AvgIpc) is 2.26. The Morgan fingerprint density at radius 1 is 1.35 bits per heavy atom. The Morgan fingerprint density at radius 3 is 2.47 bits per heavy atom. The number of hydrogen-bond donors (Lipinski definition) is 2. The van der Waals surface area contributed by atoms with E-state index in [2.05, 4.69) is 4.72 Å². The Morgan fingerprint density at radius 2 is 1.94 bits per heavy atom. The summed E-state index contributed by atoms with van der Waals surface area (Å²) in [7, 11) is -3.55. The second-order valence-corrected chi connectivity index (χ2v) is 5.39. The molecule has 1 atom stereocenters. The Kier molecular flexibility index (Phi) is 4.92. The summed E-state index contributed by atoms with van der Waals surface area (Å²) in [6.07, 6.45) is 0. The minimum Gasteiger partial charge on any atom is -0.508 e. The number of ether oxygens (including phenoxy) is 1. The predicted octanol–water partition coefficient (Wildman–Crippen LogP) is 1.10. The summed E-state index contributed by atoms with van der Waals surface area (Å²) in [5.41, 5.74) is 0. The van der Waals surface area contributed by atoms with E-state index in [9.17, 15) is 8.42 Å². The van der Waals surface area contributed by atoms with E-state index in [0.29, 0.717) is 13.2 Å². The highest BCUT2D eigenvalue weighted by atomic mass is 32.2. The molecule has 0 aromatic heterocycles. The molecule has 17 heavy (non-hydrogen) atoms. The van der Waals surface area contributed by atoms with Crippen LogP contribution in [0.5, 0.6) is 5.75 Å². The first-order valence-corrected chi connectivity index (χ1v) is 6.83. The van der Waals surface area contributed by atoms with E-state index in [4.69, 9.17) is 9.84 Å². The predicted molar refractivity (Wildman–Crippen MR) is 64.4 cm³/mol. The zero-order chi connectivity index (χ0) is 12.9. The van der Waals surface area contributed by atoms with Gasteiger partial charge < -0.3 is 9.84 Å². The number of nitrogens with one attached hydrogen (secondary N) is 1. The van der Waals surface area contributed by atoms with Crippen molar-refractivity contribution in [2.75, 3.05) is 13.2 Å². The lowest BCUT2D eigenvalue weighted by Gasteiger charge is -2.13. The summed E-state index contributed by atoms with van der Waals surface area (Å²) >= 11 is 0. The Hall–Kier alpha value is -1.11. The van der Waals surface area contributed by atoms with Gasteiger partial charge in [0.2, 0.25) is 10.0 Å². The number of phenols is 1. The molecular weight excluding hydrogens is 242 g/mol. The van der Waals surface area contributed by atoms with Crippen molar-refractivity contribution in [3.8, 4) is 5.75 Å². The van der Waals surface area contributed by atoms with E-state index in [1.807, 2.05) is 6.92 Å². The highest BCUT2D eigenvalue weighted by Crippen LogP contribution is 2.14. The molecular formula is C11H17NO4S. The second-order valence-electron chi connectivity index (χ2n) is 3.68. The van der Waals surface area contributed by atoms with Crippen LogP contribution < -0.4 is 4.72 Å². The summed E-state index contributed by atoms with van der Waals surface area (Å²) in [5, 5.41) is 9.09. The maximum atomic E-state index is 11.9. The zero-order valence-corrected chi connectivity index (χ0v) is 10.7. The standard InChI is InChI=1S/C11H17NO4S/c1-3-16-8-9(2)12-17(14,15)11-6-4-10(13)5-7-11/h4-7,9,12-13H,3,8H2,1-2H3. The lowest BCUT2D eigenvalue weighted by Crippen LogP contribution is -2.35. The average molecular weight is 259 g/mol. The van der Waals surface area contributed by atoms with Crippen LogP contribution in [0.4, 0.5) is 0 Å². The molecule has 1 unspecified atom stereocenters. The van der Waals surface area contributed by atoms with Crippen molar-refractivity contribution in [2.45, 2.75) is 24.8 Å². The maximum absolute atomic E-state index is 11.9. The molecule has 6 heteroatoms. The van der Waals surface area contributed by atoms with Gasteiger partial charge in [-0.3, -0.25) is 0 Å². The van der Waals surface area contributed by atoms with Crippen molar-refractivity contribution in [1.29, 1.82) is 0 Å². The molecule has 96 valence electrons. The number of sulfonamides is 1. The first-order chi connectivity index (χ1) is 7.95. The molecule has 0 amide bonds. The summed E-state index contributed by atoms with van der Waals surface area (Å²) in [4.78, 5) is 0.124.